The monoisotopic (exact) mass is 342 g/mol. The number of fused-ring (bicyclic) bond motifs is 1. The number of aromatic nitrogens is 1. The quantitative estimate of drug-likeness (QED) is 0.777. The van der Waals surface area contributed by atoms with Crippen LogP contribution in [0.4, 0.5) is 5.69 Å². The molecular weight excluding hydrogens is 316 g/mol. The maximum absolute atomic E-state index is 12.6. The number of anilines is 1. The van der Waals surface area contributed by atoms with Crippen LogP contribution in [0.15, 0.2) is 30.5 Å². The molecule has 1 fully saturated rings. The van der Waals surface area contributed by atoms with E-state index in [0.29, 0.717) is 12.2 Å². The summed E-state index contributed by atoms with van der Waals surface area (Å²) in [7, 11) is 0. The van der Waals surface area contributed by atoms with Crippen LogP contribution < -0.4 is 4.90 Å². The summed E-state index contributed by atoms with van der Waals surface area (Å²) in [6.07, 6.45) is 1.84. The lowest BCUT2D eigenvalue weighted by atomic mass is 10.1. The molecule has 1 aromatic heterocycles. The molecular formula is C20H26N2O3. The van der Waals surface area contributed by atoms with Gasteiger partial charge in [-0.2, -0.15) is 0 Å². The number of esters is 1. The van der Waals surface area contributed by atoms with Crippen LogP contribution in [0.2, 0.25) is 0 Å². The second kappa shape index (κ2) is 6.64. The van der Waals surface area contributed by atoms with Crippen LogP contribution in [0.25, 0.3) is 10.9 Å². The maximum Gasteiger partial charge on any atom is 0.339 e. The zero-order valence-corrected chi connectivity index (χ0v) is 15.6. The van der Waals surface area contributed by atoms with Gasteiger partial charge in [0.25, 0.3) is 0 Å². The van der Waals surface area contributed by atoms with Gasteiger partial charge in [-0.15, -0.1) is 0 Å². The van der Waals surface area contributed by atoms with Crippen molar-refractivity contribution in [2.75, 3.05) is 18.1 Å². The van der Waals surface area contributed by atoms with Gasteiger partial charge in [-0.25, -0.2) is 4.79 Å². The number of nitrogens with zero attached hydrogens (tertiary/aromatic N) is 2. The van der Waals surface area contributed by atoms with Gasteiger partial charge in [0.2, 0.25) is 0 Å². The smallest absolute Gasteiger partial charge is 0.339 e. The van der Waals surface area contributed by atoms with Gasteiger partial charge in [0.05, 0.1) is 23.8 Å². The molecule has 134 valence electrons. The van der Waals surface area contributed by atoms with Gasteiger partial charge in [-0.3, -0.25) is 4.98 Å². The summed E-state index contributed by atoms with van der Waals surface area (Å²) < 4.78 is 11.3. The molecule has 0 saturated carbocycles. The zero-order valence-electron chi connectivity index (χ0n) is 15.6. The van der Waals surface area contributed by atoms with Crippen molar-refractivity contribution in [2.45, 2.75) is 52.4 Å². The lowest BCUT2D eigenvalue weighted by molar-refractivity contribution is 0.00717. The molecule has 0 unspecified atom stereocenters. The molecule has 5 nitrogen and oxygen atoms in total. The molecule has 1 aromatic carbocycles. The van der Waals surface area contributed by atoms with E-state index in [1.807, 2.05) is 32.9 Å². The van der Waals surface area contributed by atoms with E-state index < -0.39 is 5.60 Å². The molecule has 1 aliphatic rings. The minimum Gasteiger partial charge on any atom is -0.456 e. The summed E-state index contributed by atoms with van der Waals surface area (Å²) >= 11 is 0. The number of rotatable bonds is 2. The van der Waals surface area contributed by atoms with Crippen molar-refractivity contribution in [3.8, 4) is 0 Å². The van der Waals surface area contributed by atoms with E-state index in [0.717, 1.165) is 23.1 Å². The topological polar surface area (TPSA) is 51.7 Å². The molecule has 5 heteroatoms. The average Bonchev–Trinajstić information content (AvgIpc) is 2.54. The fourth-order valence-electron chi connectivity index (χ4n) is 3.09. The van der Waals surface area contributed by atoms with Crippen LogP contribution in [-0.4, -0.2) is 41.9 Å². The first-order valence-corrected chi connectivity index (χ1v) is 8.75. The summed E-state index contributed by atoms with van der Waals surface area (Å²) in [5, 5.41) is 0.820. The summed E-state index contributed by atoms with van der Waals surface area (Å²) in [5.41, 5.74) is 1.89. The number of carbonyl (C=O) groups is 1. The molecule has 0 radical (unpaired) electrons. The lowest BCUT2D eigenvalue weighted by Crippen LogP contribution is -2.47. The van der Waals surface area contributed by atoms with Crippen LogP contribution >= 0.6 is 0 Å². The Balaban J connectivity index is 2.01. The number of hydrogen-bond acceptors (Lipinski definition) is 5. The normalized spacial score (nSPS) is 21.4. The van der Waals surface area contributed by atoms with Gasteiger partial charge in [0.15, 0.2) is 0 Å². The van der Waals surface area contributed by atoms with E-state index >= 15 is 0 Å². The highest BCUT2D eigenvalue weighted by Gasteiger charge is 2.25. The van der Waals surface area contributed by atoms with Gasteiger partial charge < -0.3 is 14.4 Å². The number of carbonyl (C=O) groups excluding carboxylic acids is 1. The highest BCUT2D eigenvalue weighted by atomic mass is 16.6. The van der Waals surface area contributed by atoms with Crippen molar-refractivity contribution in [2.24, 2.45) is 0 Å². The molecule has 0 N–H and O–H groups in total. The first-order chi connectivity index (χ1) is 11.7. The molecule has 2 aromatic rings. The van der Waals surface area contributed by atoms with E-state index in [-0.39, 0.29) is 18.1 Å². The van der Waals surface area contributed by atoms with Crippen LogP contribution in [0.1, 0.15) is 45.0 Å². The van der Waals surface area contributed by atoms with Crippen LogP contribution in [0.3, 0.4) is 0 Å². The Hall–Kier alpha value is -2.14. The molecule has 0 bridgehead atoms. The molecule has 2 heterocycles. The number of morpholine rings is 1. The summed E-state index contributed by atoms with van der Waals surface area (Å²) in [4.78, 5) is 19.3. The third kappa shape index (κ3) is 3.93. The molecule has 0 spiro atoms. The highest BCUT2D eigenvalue weighted by molar-refractivity contribution is 6.04. The zero-order chi connectivity index (χ0) is 18.2. The standard InChI is InChI=1S/C20H26N2O3/c1-13-12-24-14(2)11-22(13)15-6-7-18-17(10-15)16(8-9-21-18)19(23)25-20(3,4)5/h6-10,13-14H,11-12H2,1-5H3/t13-,14-/m1/s1. The molecule has 1 aliphatic heterocycles. The van der Waals surface area contributed by atoms with Gasteiger partial charge in [-0.1, -0.05) is 0 Å². The van der Waals surface area contributed by atoms with Crippen molar-refractivity contribution >= 4 is 22.6 Å². The van der Waals surface area contributed by atoms with E-state index in [9.17, 15) is 4.79 Å². The second-order valence-corrected chi connectivity index (χ2v) is 7.71. The first kappa shape index (κ1) is 17.7. The van der Waals surface area contributed by atoms with E-state index in [1.165, 1.54) is 0 Å². The Morgan fingerprint density at radius 2 is 2.04 bits per heavy atom. The maximum atomic E-state index is 12.6. The Morgan fingerprint density at radius 3 is 2.76 bits per heavy atom. The van der Waals surface area contributed by atoms with Crippen LogP contribution in [-0.2, 0) is 9.47 Å². The van der Waals surface area contributed by atoms with Gasteiger partial charge in [0.1, 0.15) is 5.60 Å². The van der Waals surface area contributed by atoms with Gasteiger partial charge in [0, 0.05) is 29.9 Å². The molecule has 0 aliphatic carbocycles. The predicted molar refractivity (Wildman–Crippen MR) is 99.1 cm³/mol. The number of ether oxygens (including phenoxy) is 2. The largest absolute Gasteiger partial charge is 0.456 e. The Morgan fingerprint density at radius 1 is 1.28 bits per heavy atom. The van der Waals surface area contributed by atoms with Crippen molar-refractivity contribution in [3.63, 3.8) is 0 Å². The van der Waals surface area contributed by atoms with Gasteiger partial charge >= 0.3 is 5.97 Å². The summed E-state index contributed by atoms with van der Waals surface area (Å²) in [6, 6.07) is 8.07. The van der Waals surface area contributed by atoms with E-state index in [2.05, 4.69) is 29.8 Å². The third-order valence-electron chi connectivity index (χ3n) is 4.28. The Bertz CT molecular complexity index is 782. The summed E-state index contributed by atoms with van der Waals surface area (Å²) in [6.45, 7) is 11.4. The van der Waals surface area contributed by atoms with Crippen molar-refractivity contribution in [3.05, 3.63) is 36.0 Å². The van der Waals surface area contributed by atoms with Crippen LogP contribution in [0.5, 0.6) is 0 Å². The van der Waals surface area contributed by atoms with Crippen LogP contribution in [0, 0.1) is 0 Å². The predicted octanol–water partition coefficient (Wildman–Crippen LogP) is 3.80. The molecule has 3 rings (SSSR count). The fourth-order valence-corrected chi connectivity index (χ4v) is 3.09. The molecule has 1 saturated heterocycles. The number of hydrogen-bond donors (Lipinski definition) is 0. The fraction of sp³-hybridized carbons (Fsp3) is 0.500. The second-order valence-electron chi connectivity index (χ2n) is 7.71. The third-order valence-corrected chi connectivity index (χ3v) is 4.28. The van der Waals surface area contributed by atoms with E-state index in [1.54, 1.807) is 12.3 Å². The minimum absolute atomic E-state index is 0.186. The van der Waals surface area contributed by atoms with Crippen molar-refractivity contribution in [1.29, 1.82) is 0 Å². The number of pyridine rings is 1. The minimum atomic E-state index is -0.529. The average molecular weight is 342 g/mol. The SMILES string of the molecule is C[C@@H]1CN(c2ccc3nccc(C(=O)OC(C)(C)C)c3c2)[C@H](C)CO1. The van der Waals surface area contributed by atoms with Crippen molar-refractivity contribution in [1.82, 2.24) is 4.98 Å². The molecule has 2 atom stereocenters. The number of benzene rings is 1. The first-order valence-electron chi connectivity index (χ1n) is 8.75. The molecule has 0 amide bonds. The Labute approximate surface area is 148 Å². The van der Waals surface area contributed by atoms with Gasteiger partial charge in [-0.05, 0) is 58.9 Å². The van der Waals surface area contributed by atoms with E-state index in [4.69, 9.17) is 9.47 Å². The lowest BCUT2D eigenvalue weighted by Gasteiger charge is -2.38. The Kier molecular flexibility index (Phi) is 4.69. The summed E-state index contributed by atoms with van der Waals surface area (Å²) in [5.74, 6) is -0.319. The highest BCUT2D eigenvalue weighted by Crippen LogP contribution is 2.28. The molecule has 25 heavy (non-hydrogen) atoms. The van der Waals surface area contributed by atoms with Crippen molar-refractivity contribution < 1.29 is 14.3 Å².